The fourth-order valence-corrected chi connectivity index (χ4v) is 3.10. The Bertz CT molecular complexity index is 614. The first-order valence-corrected chi connectivity index (χ1v) is 7.67. The van der Waals surface area contributed by atoms with Gasteiger partial charge in [0.2, 0.25) is 5.91 Å². The summed E-state index contributed by atoms with van der Waals surface area (Å²) in [6, 6.07) is 6.89. The number of hydrogen-bond acceptors (Lipinski definition) is 6. The summed E-state index contributed by atoms with van der Waals surface area (Å²) >= 11 is 2.75. The summed E-state index contributed by atoms with van der Waals surface area (Å²) in [6.07, 6.45) is 0. The maximum Gasteiger partial charge on any atom is 0.237 e. The molecule has 2 rings (SSSR count). The van der Waals surface area contributed by atoms with Crippen molar-refractivity contribution in [3.8, 4) is 0 Å². The number of amides is 1. The molecular weight excluding hydrogens is 294 g/mol. The van der Waals surface area contributed by atoms with Gasteiger partial charge < -0.3 is 5.32 Å². The number of carbonyl (C=O) groups is 2. The van der Waals surface area contributed by atoms with Crippen LogP contribution in [0.1, 0.15) is 24.2 Å². The number of thioether (sulfide) groups is 1. The number of nitrogens with zero attached hydrogens (tertiary/aromatic N) is 2. The van der Waals surface area contributed by atoms with Crippen LogP contribution in [0.15, 0.2) is 34.1 Å². The van der Waals surface area contributed by atoms with Crippen molar-refractivity contribution in [2.45, 2.75) is 23.4 Å². The van der Waals surface area contributed by atoms with Crippen LogP contribution >= 0.6 is 23.1 Å². The molecule has 0 saturated carbocycles. The highest BCUT2D eigenvalue weighted by Gasteiger charge is 2.16. The van der Waals surface area contributed by atoms with Gasteiger partial charge in [-0.2, -0.15) is 0 Å². The Morgan fingerprint density at radius 2 is 2.20 bits per heavy atom. The molecule has 0 radical (unpaired) electrons. The second-order valence-electron chi connectivity index (χ2n) is 4.09. The quantitative estimate of drug-likeness (QED) is 0.679. The summed E-state index contributed by atoms with van der Waals surface area (Å²) in [5.74, 6) is -0.164. The van der Waals surface area contributed by atoms with Gasteiger partial charge in [-0.25, -0.2) is 0 Å². The molecule has 1 amide bonds. The molecule has 7 heteroatoms. The summed E-state index contributed by atoms with van der Waals surface area (Å²) < 4.78 is 0.755. The van der Waals surface area contributed by atoms with E-state index < -0.39 is 0 Å². The number of benzene rings is 1. The smallest absolute Gasteiger partial charge is 0.237 e. The molecule has 104 valence electrons. The van der Waals surface area contributed by atoms with E-state index in [0.29, 0.717) is 11.3 Å². The molecule has 2 aromatic rings. The SMILES string of the molecule is CC(=O)c1cccc(NC(=O)C(C)Sc2nncs2)c1. The average Bonchev–Trinajstić information content (AvgIpc) is 2.91. The molecule has 1 heterocycles. The zero-order chi connectivity index (χ0) is 14.5. The van der Waals surface area contributed by atoms with Crippen LogP contribution < -0.4 is 5.32 Å². The third-order valence-electron chi connectivity index (χ3n) is 2.52. The highest BCUT2D eigenvalue weighted by Crippen LogP contribution is 2.25. The van der Waals surface area contributed by atoms with Crippen molar-refractivity contribution in [2.24, 2.45) is 0 Å². The number of ketones is 1. The van der Waals surface area contributed by atoms with Crippen molar-refractivity contribution >= 4 is 40.5 Å². The number of Topliss-reactive ketones (excluding diaryl/α,β-unsaturated/α-hetero) is 1. The van der Waals surface area contributed by atoms with E-state index in [9.17, 15) is 9.59 Å². The van der Waals surface area contributed by atoms with Gasteiger partial charge in [-0.3, -0.25) is 9.59 Å². The standard InChI is InChI=1S/C13H13N3O2S2/c1-8(17)10-4-3-5-11(6-10)15-12(18)9(2)20-13-16-14-7-19-13/h3-7,9H,1-2H3,(H,15,18). The van der Waals surface area contributed by atoms with E-state index in [1.54, 1.807) is 36.7 Å². The lowest BCUT2D eigenvalue weighted by molar-refractivity contribution is -0.115. The topological polar surface area (TPSA) is 72.0 Å². The van der Waals surface area contributed by atoms with Crippen LogP contribution in [0.5, 0.6) is 0 Å². The first-order valence-electron chi connectivity index (χ1n) is 5.91. The van der Waals surface area contributed by atoms with Gasteiger partial charge in [0.15, 0.2) is 10.1 Å². The van der Waals surface area contributed by atoms with E-state index in [-0.39, 0.29) is 16.9 Å². The van der Waals surface area contributed by atoms with E-state index in [1.807, 2.05) is 0 Å². The van der Waals surface area contributed by atoms with Crippen molar-refractivity contribution in [3.05, 3.63) is 35.3 Å². The van der Waals surface area contributed by atoms with E-state index in [0.717, 1.165) is 4.34 Å². The third-order valence-corrected chi connectivity index (χ3v) is 4.43. The lowest BCUT2D eigenvalue weighted by Crippen LogP contribution is -2.22. The molecule has 1 atom stereocenters. The Morgan fingerprint density at radius 3 is 2.85 bits per heavy atom. The van der Waals surface area contributed by atoms with Crippen molar-refractivity contribution in [1.82, 2.24) is 10.2 Å². The van der Waals surface area contributed by atoms with Crippen molar-refractivity contribution in [2.75, 3.05) is 5.32 Å². The predicted octanol–water partition coefficient (Wildman–Crippen LogP) is 2.86. The number of hydrogen-bond donors (Lipinski definition) is 1. The highest BCUT2D eigenvalue weighted by molar-refractivity contribution is 8.02. The monoisotopic (exact) mass is 307 g/mol. The molecular formula is C13H13N3O2S2. The van der Waals surface area contributed by atoms with Gasteiger partial charge in [0.1, 0.15) is 5.51 Å². The fraction of sp³-hybridized carbons (Fsp3) is 0.231. The third kappa shape index (κ3) is 3.88. The second-order valence-corrected chi connectivity index (χ2v) is 6.51. The van der Waals surface area contributed by atoms with E-state index in [2.05, 4.69) is 15.5 Å². The number of nitrogens with one attached hydrogen (secondary N) is 1. The van der Waals surface area contributed by atoms with E-state index in [1.165, 1.54) is 30.0 Å². The minimum Gasteiger partial charge on any atom is -0.325 e. The van der Waals surface area contributed by atoms with Crippen LogP contribution in [0.3, 0.4) is 0 Å². The molecule has 0 aliphatic rings. The van der Waals surface area contributed by atoms with Crippen LogP contribution in [0.4, 0.5) is 5.69 Å². The highest BCUT2D eigenvalue weighted by atomic mass is 32.2. The minimum atomic E-state index is -0.288. The van der Waals surface area contributed by atoms with Crippen LogP contribution in [0.2, 0.25) is 0 Å². The Labute approximate surface area is 124 Å². The molecule has 0 spiro atoms. The molecule has 0 aliphatic heterocycles. The molecule has 1 unspecified atom stereocenters. The number of rotatable bonds is 5. The Balaban J connectivity index is 2.00. The lowest BCUT2D eigenvalue weighted by atomic mass is 10.1. The normalized spacial score (nSPS) is 11.9. The van der Waals surface area contributed by atoms with Gasteiger partial charge in [0.05, 0.1) is 5.25 Å². The van der Waals surface area contributed by atoms with Gasteiger partial charge in [-0.1, -0.05) is 35.2 Å². The summed E-state index contributed by atoms with van der Waals surface area (Å²) in [7, 11) is 0. The van der Waals surface area contributed by atoms with Crippen molar-refractivity contribution < 1.29 is 9.59 Å². The maximum atomic E-state index is 12.1. The molecule has 1 aromatic carbocycles. The predicted molar refractivity (Wildman–Crippen MR) is 80.3 cm³/mol. The molecule has 0 fully saturated rings. The van der Waals surface area contributed by atoms with Gasteiger partial charge in [-0.15, -0.1) is 10.2 Å². The maximum absolute atomic E-state index is 12.1. The summed E-state index contributed by atoms with van der Waals surface area (Å²) in [5.41, 5.74) is 2.82. The number of anilines is 1. The van der Waals surface area contributed by atoms with Gasteiger partial charge in [-0.05, 0) is 26.0 Å². The van der Waals surface area contributed by atoms with Crippen LogP contribution in [-0.4, -0.2) is 27.1 Å². The molecule has 1 N–H and O–H groups in total. The van der Waals surface area contributed by atoms with E-state index in [4.69, 9.17) is 0 Å². The summed E-state index contributed by atoms with van der Waals surface area (Å²) in [5, 5.41) is 10.1. The van der Waals surface area contributed by atoms with Crippen molar-refractivity contribution in [3.63, 3.8) is 0 Å². The van der Waals surface area contributed by atoms with Gasteiger partial charge in [0.25, 0.3) is 0 Å². The Hall–Kier alpha value is -1.73. The van der Waals surface area contributed by atoms with Crippen LogP contribution in [0, 0.1) is 0 Å². The zero-order valence-corrected chi connectivity index (χ0v) is 12.6. The van der Waals surface area contributed by atoms with Gasteiger partial charge >= 0.3 is 0 Å². The molecule has 0 aliphatic carbocycles. The first kappa shape index (κ1) is 14.7. The Kier molecular flexibility index (Phi) is 4.86. The minimum absolute atomic E-state index is 0.0302. The first-order chi connectivity index (χ1) is 9.56. The molecule has 1 aromatic heterocycles. The van der Waals surface area contributed by atoms with Gasteiger partial charge in [0, 0.05) is 11.3 Å². The number of aromatic nitrogens is 2. The van der Waals surface area contributed by atoms with Crippen molar-refractivity contribution in [1.29, 1.82) is 0 Å². The second kappa shape index (κ2) is 6.62. The molecule has 20 heavy (non-hydrogen) atoms. The lowest BCUT2D eigenvalue weighted by Gasteiger charge is -2.10. The Morgan fingerprint density at radius 1 is 1.40 bits per heavy atom. The number of carbonyl (C=O) groups excluding carboxylic acids is 2. The van der Waals surface area contributed by atoms with Crippen LogP contribution in [0.25, 0.3) is 0 Å². The zero-order valence-electron chi connectivity index (χ0n) is 11.0. The summed E-state index contributed by atoms with van der Waals surface area (Å²) in [4.78, 5) is 23.4. The molecule has 0 bridgehead atoms. The molecule has 5 nitrogen and oxygen atoms in total. The largest absolute Gasteiger partial charge is 0.325 e. The summed E-state index contributed by atoms with van der Waals surface area (Å²) in [6.45, 7) is 3.30. The van der Waals surface area contributed by atoms with E-state index >= 15 is 0 Å². The fourth-order valence-electron chi connectivity index (χ4n) is 1.48. The molecule has 0 saturated heterocycles. The van der Waals surface area contributed by atoms with Crippen LogP contribution in [-0.2, 0) is 4.79 Å². The average molecular weight is 307 g/mol.